The van der Waals surface area contributed by atoms with Crippen LogP contribution in [0, 0.1) is 0 Å². The van der Waals surface area contributed by atoms with Gasteiger partial charge < -0.3 is 5.73 Å². The molecule has 0 bridgehead atoms. The van der Waals surface area contributed by atoms with E-state index in [1.165, 1.54) is 0 Å². The van der Waals surface area contributed by atoms with E-state index in [2.05, 4.69) is 5.10 Å². The summed E-state index contributed by atoms with van der Waals surface area (Å²) in [4.78, 5) is 1.60. The van der Waals surface area contributed by atoms with Crippen molar-refractivity contribution in [2.75, 3.05) is 20.1 Å². The van der Waals surface area contributed by atoms with Gasteiger partial charge in [0.2, 0.25) is 0 Å². The van der Waals surface area contributed by atoms with Gasteiger partial charge >= 0.3 is 6.18 Å². The van der Waals surface area contributed by atoms with Gasteiger partial charge in [0.25, 0.3) is 0 Å². The smallest absolute Gasteiger partial charge is 0.329 e. The minimum absolute atomic E-state index is 0.0692. The van der Waals surface area contributed by atoms with Crippen LogP contribution in [0.4, 0.5) is 13.2 Å². The molecule has 0 aliphatic rings. The standard InChI is InChI=1S/C10H17F3N4/c1-16(4-3-10(11,12)13)9(5-14)8-6-15-17(2)7-8/h6-7,9H,3-5,14H2,1-2H3. The van der Waals surface area contributed by atoms with E-state index >= 15 is 0 Å². The molecule has 1 aromatic heterocycles. The average molecular weight is 250 g/mol. The molecule has 0 aromatic carbocycles. The Morgan fingerprint density at radius 3 is 2.59 bits per heavy atom. The lowest BCUT2D eigenvalue weighted by Crippen LogP contribution is -2.33. The van der Waals surface area contributed by atoms with Crippen LogP contribution >= 0.6 is 0 Å². The Morgan fingerprint density at radius 1 is 1.53 bits per heavy atom. The normalized spacial score (nSPS) is 14.3. The Morgan fingerprint density at radius 2 is 2.18 bits per heavy atom. The molecule has 0 saturated heterocycles. The van der Waals surface area contributed by atoms with Crippen molar-refractivity contribution in [3.63, 3.8) is 0 Å². The van der Waals surface area contributed by atoms with Crippen molar-refractivity contribution in [2.24, 2.45) is 12.8 Å². The molecule has 1 rings (SSSR count). The molecular formula is C10H17F3N4. The van der Waals surface area contributed by atoms with Crippen molar-refractivity contribution in [3.8, 4) is 0 Å². The van der Waals surface area contributed by atoms with E-state index in [4.69, 9.17) is 5.73 Å². The predicted molar refractivity (Wildman–Crippen MR) is 58.3 cm³/mol. The maximum Gasteiger partial charge on any atom is 0.390 e. The molecule has 0 aliphatic carbocycles. The summed E-state index contributed by atoms with van der Waals surface area (Å²) >= 11 is 0. The number of likely N-dealkylation sites (N-methyl/N-ethyl adjacent to an activating group) is 1. The first-order valence-corrected chi connectivity index (χ1v) is 5.29. The lowest BCUT2D eigenvalue weighted by Gasteiger charge is -2.26. The summed E-state index contributed by atoms with van der Waals surface area (Å²) in [7, 11) is 3.39. The Balaban J connectivity index is 2.61. The molecule has 2 N–H and O–H groups in total. The SMILES string of the molecule is CN(CCC(F)(F)F)C(CN)c1cnn(C)c1. The second-order valence-corrected chi connectivity index (χ2v) is 4.04. The van der Waals surface area contributed by atoms with E-state index in [1.807, 2.05) is 0 Å². The summed E-state index contributed by atoms with van der Waals surface area (Å²) in [5.41, 5.74) is 6.43. The van der Waals surface area contributed by atoms with Gasteiger partial charge in [0, 0.05) is 37.9 Å². The molecule has 0 saturated carbocycles. The molecular weight excluding hydrogens is 233 g/mol. The first-order chi connectivity index (χ1) is 7.83. The highest BCUT2D eigenvalue weighted by Crippen LogP contribution is 2.23. The highest BCUT2D eigenvalue weighted by Gasteiger charge is 2.28. The summed E-state index contributed by atoms with van der Waals surface area (Å²) in [6.07, 6.45) is -1.58. The molecule has 0 amide bonds. The zero-order valence-corrected chi connectivity index (χ0v) is 9.91. The quantitative estimate of drug-likeness (QED) is 0.857. The third kappa shape index (κ3) is 4.35. The second kappa shape index (κ2) is 5.50. The van der Waals surface area contributed by atoms with E-state index in [0.29, 0.717) is 0 Å². The molecule has 1 atom stereocenters. The zero-order chi connectivity index (χ0) is 13.1. The summed E-state index contributed by atoms with van der Waals surface area (Å²) in [6.45, 7) is 0.195. The number of hydrogen-bond donors (Lipinski definition) is 1. The Bertz CT molecular complexity index is 348. The molecule has 98 valence electrons. The third-order valence-corrected chi connectivity index (χ3v) is 2.61. The van der Waals surface area contributed by atoms with Crippen LogP contribution in [0.2, 0.25) is 0 Å². The molecule has 17 heavy (non-hydrogen) atoms. The minimum atomic E-state index is -4.14. The highest BCUT2D eigenvalue weighted by molar-refractivity contribution is 5.10. The fourth-order valence-corrected chi connectivity index (χ4v) is 1.64. The molecule has 7 heteroatoms. The van der Waals surface area contributed by atoms with Crippen molar-refractivity contribution >= 4 is 0 Å². The summed E-state index contributed by atoms with van der Waals surface area (Å²) in [5.74, 6) is 0. The van der Waals surface area contributed by atoms with Gasteiger partial charge in [0.05, 0.1) is 12.6 Å². The van der Waals surface area contributed by atoms with Crippen LogP contribution in [0.3, 0.4) is 0 Å². The van der Waals surface area contributed by atoms with Gasteiger partial charge in [-0.15, -0.1) is 0 Å². The van der Waals surface area contributed by atoms with Crippen LogP contribution in [-0.2, 0) is 7.05 Å². The topological polar surface area (TPSA) is 47.1 Å². The van der Waals surface area contributed by atoms with Crippen LogP contribution in [0.15, 0.2) is 12.4 Å². The van der Waals surface area contributed by atoms with E-state index in [9.17, 15) is 13.2 Å². The number of aryl methyl sites for hydroxylation is 1. The maximum absolute atomic E-state index is 12.1. The third-order valence-electron chi connectivity index (χ3n) is 2.61. The molecule has 4 nitrogen and oxygen atoms in total. The second-order valence-electron chi connectivity index (χ2n) is 4.04. The van der Waals surface area contributed by atoms with Gasteiger partial charge in [-0.2, -0.15) is 18.3 Å². The predicted octanol–water partition coefficient (Wildman–Crippen LogP) is 1.30. The molecule has 1 aromatic rings. The Kier molecular flexibility index (Phi) is 4.53. The number of aromatic nitrogens is 2. The lowest BCUT2D eigenvalue weighted by atomic mass is 10.1. The van der Waals surface area contributed by atoms with Gasteiger partial charge in [-0.05, 0) is 7.05 Å². The van der Waals surface area contributed by atoms with Crippen LogP contribution in [0.5, 0.6) is 0 Å². The number of halogens is 3. The highest BCUT2D eigenvalue weighted by atomic mass is 19.4. The first-order valence-electron chi connectivity index (χ1n) is 5.29. The molecule has 0 spiro atoms. The van der Waals surface area contributed by atoms with E-state index in [-0.39, 0.29) is 19.1 Å². The van der Waals surface area contributed by atoms with E-state index in [1.54, 1.807) is 36.1 Å². The largest absolute Gasteiger partial charge is 0.390 e. The lowest BCUT2D eigenvalue weighted by molar-refractivity contribution is -0.138. The van der Waals surface area contributed by atoms with E-state index < -0.39 is 12.6 Å². The molecule has 1 heterocycles. The Labute approximate surface area is 98.2 Å². The molecule has 0 fully saturated rings. The molecule has 1 unspecified atom stereocenters. The summed E-state index contributed by atoms with van der Waals surface area (Å²) in [6, 6.07) is -0.231. The number of nitrogens with zero attached hydrogens (tertiary/aromatic N) is 3. The van der Waals surface area contributed by atoms with E-state index in [0.717, 1.165) is 5.56 Å². The van der Waals surface area contributed by atoms with Crippen LogP contribution in [0.25, 0.3) is 0 Å². The van der Waals surface area contributed by atoms with Crippen molar-refractivity contribution in [1.29, 1.82) is 0 Å². The van der Waals surface area contributed by atoms with Crippen LogP contribution < -0.4 is 5.73 Å². The van der Waals surface area contributed by atoms with Crippen molar-refractivity contribution in [3.05, 3.63) is 18.0 Å². The van der Waals surface area contributed by atoms with Crippen molar-refractivity contribution in [1.82, 2.24) is 14.7 Å². The fourth-order valence-electron chi connectivity index (χ4n) is 1.64. The first kappa shape index (κ1) is 14.0. The summed E-state index contributed by atoms with van der Waals surface area (Å²) < 4.78 is 38.0. The Hall–Kier alpha value is -1.08. The number of rotatable bonds is 5. The van der Waals surface area contributed by atoms with Gasteiger partial charge in [-0.3, -0.25) is 9.58 Å². The maximum atomic E-state index is 12.1. The van der Waals surface area contributed by atoms with Crippen LogP contribution in [0.1, 0.15) is 18.0 Å². The summed E-state index contributed by atoms with van der Waals surface area (Å²) in [5, 5.41) is 3.99. The fraction of sp³-hybridized carbons (Fsp3) is 0.700. The van der Waals surface area contributed by atoms with Crippen LogP contribution in [-0.4, -0.2) is 41.0 Å². The van der Waals surface area contributed by atoms with Crippen molar-refractivity contribution in [2.45, 2.75) is 18.6 Å². The molecule has 0 aliphatic heterocycles. The number of alkyl halides is 3. The average Bonchev–Trinajstić information content (AvgIpc) is 2.62. The number of hydrogen-bond acceptors (Lipinski definition) is 3. The van der Waals surface area contributed by atoms with Gasteiger partial charge in [-0.1, -0.05) is 0 Å². The number of nitrogens with two attached hydrogens (primary N) is 1. The van der Waals surface area contributed by atoms with Gasteiger partial charge in [-0.25, -0.2) is 0 Å². The monoisotopic (exact) mass is 250 g/mol. The van der Waals surface area contributed by atoms with Crippen molar-refractivity contribution < 1.29 is 13.2 Å². The zero-order valence-electron chi connectivity index (χ0n) is 9.91. The van der Waals surface area contributed by atoms with Gasteiger partial charge in [0.15, 0.2) is 0 Å². The van der Waals surface area contributed by atoms with Gasteiger partial charge in [0.1, 0.15) is 0 Å². The minimum Gasteiger partial charge on any atom is -0.329 e. The molecule has 0 radical (unpaired) electrons.